The van der Waals surface area contributed by atoms with Crippen LogP contribution in [0, 0.1) is 5.92 Å². The first-order valence-corrected chi connectivity index (χ1v) is 11.7. The van der Waals surface area contributed by atoms with Gasteiger partial charge in [-0.25, -0.2) is 0 Å². The number of hydrogen-bond donors (Lipinski definition) is 4. The second kappa shape index (κ2) is 11.0. The van der Waals surface area contributed by atoms with Gasteiger partial charge in [-0.2, -0.15) is 0 Å². The Morgan fingerprint density at radius 1 is 0.957 bits per heavy atom. The normalized spacial score (nSPS) is 19.1. The van der Waals surface area contributed by atoms with Gasteiger partial charge in [-0.15, -0.1) is 0 Å². The average molecular weight is 374 g/mol. The van der Waals surface area contributed by atoms with Crippen molar-refractivity contribution in [2.24, 2.45) is 5.92 Å². The molecule has 140 valence electrons. The molecule has 0 heterocycles. The molecule has 4 unspecified atom stereocenters. The van der Waals surface area contributed by atoms with Gasteiger partial charge >= 0.3 is 15.2 Å². The highest BCUT2D eigenvalue weighted by molar-refractivity contribution is 7.57. The molecule has 7 nitrogen and oxygen atoms in total. The number of aliphatic hydroxyl groups is 1. The van der Waals surface area contributed by atoms with Crippen LogP contribution >= 0.6 is 15.2 Å². The lowest BCUT2D eigenvalue weighted by Crippen LogP contribution is -2.26. The van der Waals surface area contributed by atoms with E-state index in [1.807, 2.05) is 13.8 Å². The molecule has 0 radical (unpaired) electrons. The minimum atomic E-state index is -4.59. The summed E-state index contributed by atoms with van der Waals surface area (Å²) in [5.74, 6) is -1.99. The van der Waals surface area contributed by atoms with Crippen LogP contribution in [-0.4, -0.2) is 37.9 Å². The van der Waals surface area contributed by atoms with E-state index in [1.165, 1.54) is 0 Å². The zero-order valence-electron chi connectivity index (χ0n) is 14.3. The van der Waals surface area contributed by atoms with E-state index < -0.39 is 33.3 Å². The molecular formula is C14H32O7P2. The lowest BCUT2D eigenvalue weighted by molar-refractivity contribution is 0.0792. The van der Waals surface area contributed by atoms with Crippen LogP contribution in [0.2, 0.25) is 0 Å². The highest BCUT2D eigenvalue weighted by atomic mass is 31.2. The smallest absolute Gasteiger partial charge is 0.357 e. The third kappa shape index (κ3) is 9.98. The summed E-state index contributed by atoms with van der Waals surface area (Å²) in [7, 11) is -9.11. The molecule has 0 rings (SSSR count). The summed E-state index contributed by atoms with van der Waals surface area (Å²) in [6, 6.07) is 0. The number of rotatable bonds is 13. The molecule has 0 aliphatic rings. The van der Waals surface area contributed by atoms with E-state index in [-0.39, 0.29) is 5.92 Å². The standard InChI is InChI=1S/C14H32O7P2/c1-4-7-9-12(6-3)13(10-8-5-2)21-23(19,20)14(15)11-22(16,17)18/h12-15H,4-11H2,1-3H3,(H,19,20)(H2,16,17,18). The van der Waals surface area contributed by atoms with Crippen molar-refractivity contribution in [3.63, 3.8) is 0 Å². The lowest BCUT2D eigenvalue weighted by Gasteiger charge is -2.30. The average Bonchev–Trinajstić information content (AvgIpc) is 2.43. The van der Waals surface area contributed by atoms with Crippen LogP contribution in [0.5, 0.6) is 0 Å². The van der Waals surface area contributed by atoms with Gasteiger partial charge in [0.25, 0.3) is 0 Å². The molecule has 0 aliphatic carbocycles. The Hall–Kier alpha value is 0.260. The van der Waals surface area contributed by atoms with Gasteiger partial charge in [0.2, 0.25) is 0 Å². The Morgan fingerprint density at radius 3 is 1.91 bits per heavy atom. The molecule has 0 saturated heterocycles. The van der Waals surface area contributed by atoms with Gasteiger partial charge < -0.3 is 24.3 Å². The maximum Gasteiger partial charge on any atom is 0.357 e. The first-order chi connectivity index (χ1) is 10.6. The van der Waals surface area contributed by atoms with Gasteiger partial charge in [0, 0.05) is 0 Å². The third-order valence-corrected chi connectivity index (χ3v) is 6.50. The van der Waals surface area contributed by atoms with Gasteiger partial charge in [-0.05, 0) is 18.8 Å². The van der Waals surface area contributed by atoms with Crippen LogP contribution in [-0.2, 0) is 13.7 Å². The minimum absolute atomic E-state index is 0.0873. The highest BCUT2D eigenvalue weighted by Crippen LogP contribution is 2.53. The fourth-order valence-electron chi connectivity index (χ4n) is 2.48. The molecule has 0 fully saturated rings. The molecule has 23 heavy (non-hydrogen) atoms. The van der Waals surface area contributed by atoms with Gasteiger partial charge in [-0.1, -0.05) is 52.9 Å². The van der Waals surface area contributed by atoms with E-state index in [9.17, 15) is 19.1 Å². The highest BCUT2D eigenvalue weighted by Gasteiger charge is 2.39. The Kier molecular flexibility index (Phi) is 11.1. The van der Waals surface area contributed by atoms with Crippen LogP contribution in [0.1, 0.15) is 65.7 Å². The van der Waals surface area contributed by atoms with Gasteiger partial charge in [-0.3, -0.25) is 9.13 Å². The van der Waals surface area contributed by atoms with E-state index in [4.69, 9.17) is 14.3 Å². The summed E-state index contributed by atoms with van der Waals surface area (Å²) < 4.78 is 28.4. The van der Waals surface area contributed by atoms with E-state index in [0.29, 0.717) is 6.42 Å². The maximum absolute atomic E-state index is 12.2. The van der Waals surface area contributed by atoms with E-state index in [1.54, 1.807) is 0 Å². The van der Waals surface area contributed by atoms with E-state index in [0.717, 1.165) is 38.5 Å². The van der Waals surface area contributed by atoms with Crippen molar-refractivity contribution < 1.29 is 33.4 Å². The fourth-order valence-corrected chi connectivity index (χ4v) is 5.17. The second-order valence-electron chi connectivity index (χ2n) is 5.99. The zero-order valence-corrected chi connectivity index (χ0v) is 16.1. The summed E-state index contributed by atoms with van der Waals surface area (Å²) >= 11 is 0. The molecule has 0 saturated carbocycles. The quantitative estimate of drug-likeness (QED) is 0.364. The summed E-state index contributed by atoms with van der Waals surface area (Å²) in [6.45, 7) is 6.05. The predicted molar refractivity (Wildman–Crippen MR) is 90.4 cm³/mol. The van der Waals surface area contributed by atoms with Crippen molar-refractivity contribution in [1.82, 2.24) is 0 Å². The number of unbranched alkanes of at least 4 members (excludes halogenated alkanes) is 2. The summed E-state index contributed by atoms with van der Waals surface area (Å²) in [5.41, 5.74) is 0. The predicted octanol–water partition coefficient (Wildman–Crippen LogP) is 3.46. The maximum atomic E-state index is 12.2. The monoisotopic (exact) mass is 374 g/mol. The SMILES string of the molecule is CCCCC(CC)C(CCCC)OP(=O)(O)C(O)CP(=O)(O)O. The third-order valence-electron chi connectivity index (χ3n) is 3.89. The summed E-state index contributed by atoms with van der Waals surface area (Å²) in [5, 5.41) is 9.69. The fraction of sp³-hybridized carbons (Fsp3) is 1.00. The van der Waals surface area contributed by atoms with Gasteiger partial charge in [0.1, 0.15) is 0 Å². The first-order valence-electron chi connectivity index (χ1n) is 8.30. The number of hydrogen-bond acceptors (Lipinski definition) is 4. The Bertz CT molecular complexity index is 410. The molecule has 4 atom stereocenters. The van der Waals surface area contributed by atoms with E-state index in [2.05, 4.69) is 6.92 Å². The van der Waals surface area contributed by atoms with Gasteiger partial charge in [0.15, 0.2) is 5.85 Å². The molecule has 4 N–H and O–H groups in total. The molecule has 0 aromatic heterocycles. The Balaban J connectivity index is 5.02. The topological polar surface area (TPSA) is 124 Å². The van der Waals surface area contributed by atoms with Crippen LogP contribution in [0.25, 0.3) is 0 Å². The molecule has 0 bridgehead atoms. The second-order valence-corrected chi connectivity index (χ2v) is 9.62. The lowest BCUT2D eigenvalue weighted by atomic mass is 9.90. The molecule has 0 aromatic rings. The molecule has 0 amide bonds. The van der Waals surface area contributed by atoms with Crippen LogP contribution < -0.4 is 0 Å². The number of aliphatic hydroxyl groups excluding tert-OH is 1. The zero-order chi connectivity index (χ0) is 18.1. The first kappa shape index (κ1) is 23.3. The van der Waals surface area contributed by atoms with Crippen molar-refractivity contribution in [2.45, 2.75) is 77.7 Å². The van der Waals surface area contributed by atoms with Crippen LogP contribution in [0.4, 0.5) is 0 Å². The molecule has 0 aromatic carbocycles. The molecule has 0 aliphatic heterocycles. The minimum Gasteiger partial charge on any atom is -0.380 e. The molecular weight excluding hydrogens is 342 g/mol. The molecule has 0 spiro atoms. The van der Waals surface area contributed by atoms with Crippen LogP contribution in [0.3, 0.4) is 0 Å². The van der Waals surface area contributed by atoms with Crippen molar-refractivity contribution in [2.75, 3.05) is 6.16 Å². The molecule has 9 heteroatoms. The largest absolute Gasteiger partial charge is 0.380 e. The summed E-state index contributed by atoms with van der Waals surface area (Å²) in [4.78, 5) is 27.6. The van der Waals surface area contributed by atoms with Crippen molar-refractivity contribution >= 4 is 15.2 Å². The van der Waals surface area contributed by atoms with Crippen LogP contribution in [0.15, 0.2) is 0 Å². The van der Waals surface area contributed by atoms with E-state index >= 15 is 0 Å². The summed E-state index contributed by atoms with van der Waals surface area (Å²) in [6.07, 6.45) is 4.37. The van der Waals surface area contributed by atoms with Crippen molar-refractivity contribution in [3.8, 4) is 0 Å². The van der Waals surface area contributed by atoms with Gasteiger partial charge in [0.05, 0.1) is 12.3 Å². The van der Waals surface area contributed by atoms with Crippen molar-refractivity contribution in [3.05, 3.63) is 0 Å². The Morgan fingerprint density at radius 2 is 1.48 bits per heavy atom. The Labute approximate surface area is 139 Å². The van der Waals surface area contributed by atoms with Crippen molar-refractivity contribution in [1.29, 1.82) is 0 Å².